The zero-order valence-electron chi connectivity index (χ0n) is 7.82. The fourth-order valence-corrected chi connectivity index (χ4v) is 1.28. The number of hydrogen-bond acceptors (Lipinski definition) is 1. The van der Waals surface area contributed by atoms with Gasteiger partial charge in [0.25, 0.3) is 0 Å². The third kappa shape index (κ3) is 4.55. The number of alkyl halides is 3. The molecule has 0 heterocycles. The van der Waals surface area contributed by atoms with E-state index in [0.717, 1.165) is 0 Å². The predicted octanol–water partition coefficient (Wildman–Crippen LogP) is 2.62. The smallest absolute Gasteiger partial charge is 0.337 e. The molecule has 0 spiro atoms. The average molecular weight is 258 g/mol. The first kappa shape index (κ1) is 12.8. The van der Waals surface area contributed by atoms with Crippen LogP contribution in [0.15, 0.2) is 0 Å². The summed E-state index contributed by atoms with van der Waals surface area (Å²) >= 11 is 2.06. The van der Waals surface area contributed by atoms with Gasteiger partial charge in [-0.25, -0.2) is 0 Å². The lowest BCUT2D eigenvalue weighted by Crippen LogP contribution is -2.41. The molecule has 1 amide bonds. The van der Waals surface area contributed by atoms with E-state index in [4.69, 9.17) is 0 Å². The molecule has 0 radical (unpaired) electrons. The molecule has 0 atom stereocenters. The van der Waals surface area contributed by atoms with Crippen molar-refractivity contribution in [3.05, 3.63) is 0 Å². The van der Waals surface area contributed by atoms with Gasteiger partial charge < -0.3 is 4.90 Å². The molecule has 0 aromatic carbocycles. The minimum Gasteiger partial charge on any atom is -0.337 e. The molecule has 0 aliphatic rings. The Balaban J connectivity index is 4.27. The van der Waals surface area contributed by atoms with Crippen LogP contribution in [0.1, 0.15) is 26.7 Å². The maximum atomic E-state index is 12.5. The maximum absolute atomic E-state index is 12.5. The van der Waals surface area contributed by atoms with E-state index in [-0.39, 0.29) is 0 Å². The summed E-state index contributed by atoms with van der Waals surface area (Å²) in [7, 11) is 0. The molecule has 2 nitrogen and oxygen atoms in total. The van der Waals surface area contributed by atoms with Crippen LogP contribution < -0.4 is 0 Å². The highest BCUT2D eigenvalue weighted by atomic mass is 79.9. The van der Waals surface area contributed by atoms with Crippen LogP contribution >= 0.6 is 15.9 Å². The molecule has 0 bridgehead atoms. The number of rotatable bonds is 5. The lowest BCUT2D eigenvalue weighted by Gasteiger charge is -2.23. The maximum Gasteiger partial charge on any atom is 0.377 e. The molecule has 0 N–H and O–H groups in total. The molecule has 0 rings (SSSR count). The summed E-state index contributed by atoms with van der Waals surface area (Å²) in [6.07, 6.45) is 1.38. The number of hydrogen-bond donors (Lipinski definition) is 0. The molecule has 0 aromatic heterocycles. The van der Waals surface area contributed by atoms with E-state index in [1.54, 1.807) is 0 Å². The Hall–Kier alpha value is -0.190. The molecule has 0 aromatic rings. The minimum absolute atomic E-state index is 0.383. The predicted molar refractivity (Wildman–Crippen MR) is 51.0 cm³/mol. The average Bonchev–Trinajstić information content (AvgIpc) is 2.01. The van der Waals surface area contributed by atoms with Gasteiger partial charge in [-0.2, -0.15) is 8.78 Å². The first-order valence-electron chi connectivity index (χ1n) is 4.29. The highest BCUT2D eigenvalue weighted by Gasteiger charge is 2.38. The minimum atomic E-state index is -3.42. The summed E-state index contributed by atoms with van der Waals surface area (Å²) in [4.78, 5) is 8.83. The van der Waals surface area contributed by atoms with Crippen molar-refractivity contribution in [2.45, 2.75) is 31.5 Å². The van der Waals surface area contributed by atoms with Crippen LogP contribution in [0.3, 0.4) is 0 Å². The Morgan fingerprint density at radius 3 is 1.92 bits per heavy atom. The zero-order chi connectivity index (χ0) is 10.5. The molecule has 5 heteroatoms. The van der Waals surface area contributed by atoms with Gasteiger partial charge in [0.1, 0.15) is 0 Å². The molecular weight excluding hydrogens is 244 g/mol. The zero-order valence-corrected chi connectivity index (χ0v) is 9.40. The van der Waals surface area contributed by atoms with Crippen molar-refractivity contribution in [2.75, 3.05) is 13.1 Å². The molecule has 0 saturated carbocycles. The molecule has 0 saturated heterocycles. The van der Waals surface area contributed by atoms with Crippen LogP contribution in [-0.4, -0.2) is 28.7 Å². The lowest BCUT2D eigenvalue weighted by atomic mass is 10.3. The number of amides is 1. The third-order valence-corrected chi connectivity index (χ3v) is 1.86. The number of nitrogens with zero attached hydrogens (tertiary/aromatic N) is 1. The Morgan fingerprint density at radius 2 is 1.69 bits per heavy atom. The van der Waals surface area contributed by atoms with Crippen molar-refractivity contribution in [1.82, 2.24) is 4.90 Å². The monoisotopic (exact) mass is 257 g/mol. The van der Waals surface area contributed by atoms with E-state index < -0.39 is 10.7 Å². The summed E-state index contributed by atoms with van der Waals surface area (Å²) in [6, 6.07) is 0. The van der Waals surface area contributed by atoms with E-state index in [1.807, 2.05) is 13.8 Å². The van der Waals surface area contributed by atoms with Gasteiger partial charge in [-0.15, -0.1) is 0 Å². The van der Waals surface area contributed by atoms with E-state index in [9.17, 15) is 13.6 Å². The van der Waals surface area contributed by atoms with E-state index in [1.165, 1.54) is 4.90 Å². The molecule has 0 aliphatic heterocycles. The molecule has 0 unspecified atom stereocenters. The highest BCUT2D eigenvalue weighted by molar-refractivity contribution is 9.10. The van der Waals surface area contributed by atoms with Gasteiger partial charge in [-0.3, -0.25) is 4.79 Å². The number of carbonyl (C=O) groups is 1. The highest BCUT2D eigenvalue weighted by Crippen LogP contribution is 2.24. The molecule has 13 heavy (non-hydrogen) atoms. The summed E-state index contributed by atoms with van der Waals surface area (Å²) < 4.78 is 25.1. The van der Waals surface area contributed by atoms with Crippen LogP contribution in [0.2, 0.25) is 0 Å². The summed E-state index contributed by atoms with van der Waals surface area (Å²) in [5.41, 5.74) is 0. The number of halogens is 3. The van der Waals surface area contributed by atoms with E-state index in [2.05, 4.69) is 15.9 Å². The van der Waals surface area contributed by atoms with Gasteiger partial charge in [0, 0.05) is 29.0 Å². The third-order valence-electron chi connectivity index (χ3n) is 1.52. The summed E-state index contributed by atoms with van der Waals surface area (Å²) in [5.74, 6) is -1.14. The van der Waals surface area contributed by atoms with Crippen molar-refractivity contribution >= 4 is 21.8 Å². The Kier molecular flexibility index (Phi) is 5.44. The normalized spacial score (nSPS) is 11.5. The fourth-order valence-electron chi connectivity index (χ4n) is 1.03. The van der Waals surface area contributed by atoms with Crippen molar-refractivity contribution < 1.29 is 13.6 Å². The van der Waals surface area contributed by atoms with Crippen LogP contribution in [0.25, 0.3) is 0 Å². The molecular formula is C8H14BrF2NO. The fraction of sp³-hybridized carbons (Fsp3) is 0.875. The largest absolute Gasteiger partial charge is 0.377 e. The molecule has 0 aliphatic carbocycles. The van der Waals surface area contributed by atoms with Gasteiger partial charge in [-0.1, -0.05) is 13.8 Å². The summed E-state index contributed by atoms with van der Waals surface area (Å²) in [6.45, 7) is 4.46. The second kappa shape index (κ2) is 5.52. The van der Waals surface area contributed by atoms with E-state index in [0.29, 0.717) is 25.9 Å². The molecule has 0 fully saturated rings. The summed E-state index contributed by atoms with van der Waals surface area (Å²) in [5, 5.41) is 0. The SMILES string of the molecule is CCCN(CCC)C(=O)C(F)(F)Br. The van der Waals surface area contributed by atoms with Gasteiger partial charge in [-0.05, 0) is 12.8 Å². The quantitative estimate of drug-likeness (QED) is 0.694. The van der Waals surface area contributed by atoms with Gasteiger partial charge in [0.2, 0.25) is 0 Å². The number of carbonyl (C=O) groups excluding carboxylic acids is 1. The second-order valence-corrected chi connectivity index (χ2v) is 3.79. The Labute approximate surface area is 85.4 Å². The lowest BCUT2D eigenvalue weighted by molar-refractivity contribution is -0.145. The first-order chi connectivity index (χ1) is 5.93. The first-order valence-corrected chi connectivity index (χ1v) is 5.08. The van der Waals surface area contributed by atoms with Crippen molar-refractivity contribution in [3.8, 4) is 0 Å². The van der Waals surface area contributed by atoms with Crippen molar-refractivity contribution in [3.63, 3.8) is 0 Å². The Bertz CT molecular complexity index is 164. The van der Waals surface area contributed by atoms with Crippen LogP contribution in [0.5, 0.6) is 0 Å². The topological polar surface area (TPSA) is 20.3 Å². The van der Waals surface area contributed by atoms with Gasteiger partial charge >= 0.3 is 10.7 Å². The van der Waals surface area contributed by atoms with Gasteiger partial charge in [0.05, 0.1) is 0 Å². The standard InChI is InChI=1S/C8H14BrF2NO/c1-3-5-12(6-4-2)7(13)8(9,10)11/h3-6H2,1-2H3. The van der Waals surface area contributed by atoms with Gasteiger partial charge in [0.15, 0.2) is 0 Å². The second-order valence-electron chi connectivity index (χ2n) is 2.79. The van der Waals surface area contributed by atoms with Crippen molar-refractivity contribution in [1.29, 1.82) is 0 Å². The van der Waals surface area contributed by atoms with Crippen LogP contribution in [0.4, 0.5) is 8.78 Å². The van der Waals surface area contributed by atoms with Crippen molar-refractivity contribution in [2.24, 2.45) is 0 Å². The van der Waals surface area contributed by atoms with Crippen LogP contribution in [0, 0.1) is 0 Å². The van der Waals surface area contributed by atoms with Crippen LogP contribution in [-0.2, 0) is 4.79 Å². The van der Waals surface area contributed by atoms with E-state index >= 15 is 0 Å². The Morgan fingerprint density at radius 1 is 1.31 bits per heavy atom. The molecule has 78 valence electrons.